The Labute approximate surface area is 114 Å². The van der Waals surface area contributed by atoms with E-state index in [1.54, 1.807) is 12.3 Å². The predicted octanol–water partition coefficient (Wildman–Crippen LogP) is 1.47. The van der Waals surface area contributed by atoms with Crippen LogP contribution >= 0.6 is 0 Å². The normalized spacial score (nSPS) is 12.5. The molecule has 0 saturated heterocycles. The number of hydrogen-bond donors (Lipinski definition) is 2. The Bertz CT molecular complexity index is 404. The lowest BCUT2D eigenvalue weighted by Gasteiger charge is -2.25. The fourth-order valence-corrected chi connectivity index (χ4v) is 1.88. The molecule has 1 rings (SSSR count). The quantitative estimate of drug-likeness (QED) is 0.782. The zero-order chi connectivity index (χ0) is 14.4. The molecule has 1 atom stereocenters. The van der Waals surface area contributed by atoms with Crippen molar-refractivity contribution in [1.29, 1.82) is 0 Å². The molecule has 0 aliphatic heterocycles. The molecule has 1 aromatic rings. The zero-order valence-corrected chi connectivity index (χ0v) is 11.8. The molecule has 0 fully saturated rings. The predicted molar refractivity (Wildman–Crippen MR) is 75.7 cm³/mol. The molecule has 0 aliphatic carbocycles. The summed E-state index contributed by atoms with van der Waals surface area (Å²) in [6.07, 6.45) is 1.77. The Hall–Kier alpha value is -1.62. The van der Waals surface area contributed by atoms with Crippen LogP contribution in [0.2, 0.25) is 0 Å². The van der Waals surface area contributed by atoms with Gasteiger partial charge in [-0.15, -0.1) is 0 Å². The minimum atomic E-state index is -0.538. The Morgan fingerprint density at radius 3 is 2.58 bits per heavy atom. The number of aliphatic hydroxyl groups excluding tert-OH is 1. The summed E-state index contributed by atoms with van der Waals surface area (Å²) in [5.74, 6) is 0.0542. The fourth-order valence-electron chi connectivity index (χ4n) is 1.88. The standard InChI is InChI=1S/C14H23N3O2/c1-4-13(18)12-6-5-11(7-16-12)17(8-10(2)3)9-14(15)19/h5-7,10,13,18H,4,8-9H2,1-3H3,(H2,15,19). The third-order valence-electron chi connectivity index (χ3n) is 2.80. The van der Waals surface area contributed by atoms with Gasteiger partial charge in [0.15, 0.2) is 0 Å². The van der Waals surface area contributed by atoms with Crippen molar-refractivity contribution < 1.29 is 9.90 Å². The van der Waals surface area contributed by atoms with Gasteiger partial charge in [-0.3, -0.25) is 9.78 Å². The second-order valence-corrected chi connectivity index (χ2v) is 5.11. The van der Waals surface area contributed by atoms with Gasteiger partial charge >= 0.3 is 0 Å². The number of carbonyl (C=O) groups is 1. The Morgan fingerprint density at radius 1 is 1.47 bits per heavy atom. The first-order valence-corrected chi connectivity index (χ1v) is 6.61. The Balaban J connectivity index is 2.86. The number of hydrogen-bond acceptors (Lipinski definition) is 4. The van der Waals surface area contributed by atoms with Crippen molar-refractivity contribution in [1.82, 2.24) is 4.98 Å². The van der Waals surface area contributed by atoms with E-state index in [9.17, 15) is 9.90 Å². The second-order valence-electron chi connectivity index (χ2n) is 5.11. The van der Waals surface area contributed by atoms with Crippen molar-refractivity contribution in [3.63, 3.8) is 0 Å². The van der Waals surface area contributed by atoms with Crippen molar-refractivity contribution in [2.45, 2.75) is 33.3 Å². The molecule has 0 bridgehead atoms. The number of rotatable bonds is 7. The van der Waals surface area contributed by atoms with E-state index < -0.39 is 6.10 Å². The SMILES string of the molecule is CCC(O)c1ccc(N(CC(N)=O)CC(C)C)cn1. The van der Waals surface area contributed by atoms with Crippen LogP contribution in [-0.2, 0) is 4.79 Å². The summed E-state index contributed by atoms with van der Waals surface area (Å²) < 4.78 is 0. The maximum atomic E-state index is 11.1. The molecule has 3 N–H and O–H groups in total. The molecule has 1 aromatic heterocycles. The molecular weight excluding hydrogens is 242 g/mol. The van der Waals surface area contributed by atoms with Gasteiger partial charge in [-0.2, -0.15) is 0 Å². The van der Waals surface area contributed by atoms with Gasteiger partial charge in [0, 0.05) is 6.54 Å². The number of aromatic nitrogens is 1. The van der Waals surface area contributed by atoms with Crippen LogP contribution in [0.25, 0.3) is 0 Å². The molecule has 0 saturated carbocycles. The molecule has 19 heavy (non-hydrogen) atoms. The third-order valence-corrected chi connectivity index (χ3v) is 2.80. The highest BCUT2D eigenvalue weighted by molar-refractivity contribution is 5.79. The molecule has 5 heteroatoms. The molecule has 106 valence electrons. The number of nitrogens with two attached hydrogens (primary N) is 1. The van der Waals surface area contributed by atoms with Gasteiger partial charge in [0.05, 0.1) is 30.2 Å². The summed E-state index contributed by atoms with van der Waals surface area (Å²) >= 11 is 0. The molecular formula is C14H23N3O2. The number of amides is 1. The van der Waals surface area contributed by atoms with E-state index in [-0.39, 0.29) is 12.5 Å². The monoisotopic (exact) mass is 265 g/mol. The van der Waals surface area contributed by atoms with Gasteiger partial charge in [0.2, 0.25) is 5.91 Å². The minimum Gasteiger partial charge on any atom is -0.387 e. The van der Waals surface area contributed by atoms with Crippen LogP contribution in [0.1, 0.15) is 39.0 Å². The van der Waals surface area contributed by atoms with E-state index in [2.05, 4.69) is 18.8 Å². The van der Waals surface area contributed by atoms with Crippen LogP contribution in [0.4, 0.5) is 5.69 Å². The van der Waals surface area contributed by atoms with Crippen molar-refractivity contribution >= 4 is 11.6 Å². The van der Waals surface area contributed by atoms with E-state index in [1.165, 1.54) is 0 Å². The number of pyridine rings is 1. The van der Waals surface area contributed by atoms with Crippen LogP contribution in [0.5, 0.6) is 0 Å². The fraction of sp³-hybridized carbons (Fsp3) is 0.571. The van der Waals surface area contributed by atoms with Gasteiger partial charge in [0.25, 0.3) is 0 Å². The average Bonchev–Trinajstić information content (AvgIpc) is 2.36. The smallest absolute Gasteiger partial charge is 0.236 e. The molecule has 0 radical (unpaired) electrons. The molecule has 5 nitrogen and oxygen atoms in total. The van der Waals surface area contributed by atoms with E-state index in [1.807, 2.05) is 17.9 Å². The van der Waals surface area contributed by atoms with Crippen LogP contribution in [0.3, 0.4) is 0 Å². The van der Waals surface area contributed by atoms with Crippen molar-refractivity contribution in [2.24, 2.45) is 11.7 Å². The van der Waals surface area contributed by atoms with Gasteiger partial charge in [0.1, 0.15) is 0 Å². The Kier molecular flexibility index (Phi) is 5.76. The van der Waals surface area contributed by atoms with E-state index in [4.69, 9.17) is 5.73 Å². The van der Waals surface area contributed by atoms with Gasteiger partial charge in [-0.05, 0) is 24.5 Å². The number of nitrogens with zero attached hydrogens (tertiary/aromatic N) is 2. The largest absolute Gasteiger partial charge is 0.387 e. The molecule has 1 heterocycles. The number of primary amides is 1. The van der Waals surface area contributed by atoms with Crippen LogP contribution in [0.15, 0.2) is 18.3 Å². The maximum Gasteiger partial charge on any atom is 0.236 e. The van der Waals surface area contributed by atoms with Crippen LogP contribution in [-0.4, -0.2) is 29.1 Å². The molecule has 1 unspecified atom stereocenters. The summed E-state index contributed by atoms with van der Waals surface area (Å²) in [4.78, 5) is 17.3. The molecule has 0 spiro atoms. The lowest BCUT2D eigenvalue weighted by Crippen LogP contribution is -2.36. The number of anilines is 1. The second kappa shape index (κ2) is 7.09. The topological polar surface area (TPSA) is 79.5 Å². The first kappa shape index (κ1) is 15.4. The lowest BCUT2D eigenvalue weighted by molar-refractivity contribution is -0.116. The molecule has 0 aromatic carbocycles. The Morgan fingerprint density at radius 2 is 2.16 bits per heavy atom. The summed E-state index contributed by atoms with van der Waals surface area (Å²) in [7, 11) is 0. The summed E-state index contributed by atoms with van der Waals surface area (Å²) in [6, 6.07) is 3.66. The summed E-state index contributed by atoms with van der Waals surface area (Å²) in [6.45, 7) is 6.97. The molecule has 0 aliphatic rings. The van der Waals surface area contributed by atoms with Crippen molar-refractivity contribution in [3.8, 4) is 0 Å². The summed E-state index contributed by atoms with van der Waals surface area (Å²) in [5, 5.41) is 9.70. The van der Waals surface area contributed by atoms with Crippen molar-refractivity contribution in [3.05, 3.63) is 24.0 Å². The lowest BCUT2D eigenvalue weighted by atomic mass is 10.1. The van der Waals surface area contributed by atoms with Crippen molar-refractivity contribution in [2.75, 3.05) is 18.0 Å². The van der Waals surface area contributed by atoms with Crippen LogP contribution in [0, 0.1) is 5.92 Å². The third kappa shape index (κ3) is 4.87. The van der Waals surface area contributed by atoms with E-state index in [0.29, 0.717) is 18.0 Å². The van der Waals surface area contributed by atoms with Gasteiger partial charge < -0.3 is 15.7 Å². The average molecular weight is 265 g/mol. The molecule has 1 amide bonds. The zero-order valence-electron chi connectivity index (χ0n) is 11.8. The highest BCUT2D eigenvalue weighted by Crippen LogP contribution is 2.19. The van der Waals surface area contributed by atoms with Gasteiger partial charge in [-0.25, -0.2) is 0 Å². The highest BCUT2D eigenvalue weighted by atomic mass is 16.3. The maximum absolute atomic E-state index is 11.1. The first-order valence-electron chi connectivity index (χ1n) is 6.61. The highest BCUT2D eigenvalue weighted by Gasteiger charge is 2.13. The first-order chi connectivity index (χ1) is 8.93. The van der Waals surface area contributed by atoms with E-state index in [0.717, 1.165) is 12.2 Å². The number of aliphatic hydroxyl groups is 1. The number of carbonyl (C=O) groups excluding carboxylic acids is 1. The minimum absolute atomic E-state index is 0.176. The van der Waals surface area contributed by atoms with E-state index >= 15 is 0 Å². The van der Waals surface area contributed by atoms with Crippen LogP contribution < -0.4 is 10.6 Å². The summed E-state index contributed by atoms with van der Waals surface area (Å²) in [5.41, 5.74) is 6.76. The van der Waals surface area contributed by atoms with Gasteiger partial charge in [-0.1, -0.05) is 20.8 Å².